The number of carbonyl (C=O) groups excluding carboxylic acids is 1. The second-order valence-electron chi connectivity index (χ2n) is 6.10. The highest BCUT2D eigenvalue weighted by molar-refractivity contribution is 6.03. The molecule has 3 aromatic rings. The van der Waals surface area contributed by atoms with Crippen LogP contribution in [-0.2, 0) is 6.42 Å². The van der Waals surface area contributed by atoms with Crippen molar-refractivity contribution in [2.45, 2.75) is 13.3 Å². The predicted molar refractivity (Wildman–Crippen MR) is 104 cm³/mol. The standard InChI is InChI=1S/C21H18FN5O/c1-14-25-19(21(28)27-17-8-6-15(13-23)7-9-17)12-20(26-14)24-11-10-16-4-2-3-5-18(16)22/h2-9,12H,10-11H2,1H3,(H,27,28)(H,24,25,26). The first-order valence-corrected chi connectivity index (χ1v) is 8.69. The first kappa shape index (κ1) is 19.0. The lowest BCUT2D eigenvalue weighted by molar-refractivity contribution is 0.102. The molecule has 6 nitrogen and oxygen atoms in total. The third-order valence-corrected chi connectivity index (χ3v) is 4.00. The van der Waals surface area contributed by atoms with Gasteiger partial charge >= 0.3 is 0 Å². The molecule has 0 bridgehead atoms. The number of aromatic nitrogens is 2. The molecule has 1 amide bonds. The minimum atomic E-state index is -0.382. The van der Waals surface area contributed by atoms with E-state index in [-0.39, 0.29) is 17.4 Å². The van der Waals surface area contributed by atoms with Gasteiger partial charge in [-0.2, -0.15) is 5.26 Å². The Morgan fingerprint density at radius 1 is 1.14 bits per heavy atom. The maximum Gasteiger partial charge on any atom is 0.274 e. The van der Waals surface area contributed by atoms with Crippen LogP contribution in [0.4, 0.5) is 15.9 Å². The SMILES string of the molecule is Cc1nc(NCCc2ccccc2F)cc(C(=O)Nc2ccc(C#N)cc2)n1. The largest absolute Gasteiger partial charge is 0.370 e. The first-order chi connectivity index (χ1) is 13.5. The van der Waals surface area contributed by atoms with E-state index in [2.05, 4.69) is 20.6 Å². The molecular formula is C21H18FN5O. The van der Waals surface area contributed by atoms with E-state index in [1.807, 2.05) is 6.07 Å². The molecule has 1 heterocycles. The van der Waals surface area contributed by atoms with Gasteiger partial charge in [-0.25, -0.2) is 14.4 Å². The Kier molecular flexibility index (Phi) is 5.92. The molecule has 0 radical (unpaired) electrons. The van der Waals surface area contributed by atoms with Crippen LogP contribution in [0.5, 0.6) is 0 Å². The lowest BCUT2D eigenvalue weighted by Crippen LogP contribution is -2.16. The van der Waals surface area contributed by atoms with E-state index in [0.717, 1.165) is 0 Å². The third kappa shape index (κ3) is 4.89. The average Bonchev–Trinajstić information content (AvgIpc) is 2.69. The zero-order valence-corrected chi connectivity index (χ0v) is 15.2. The van der Waals surface area contributed by atoms with Crippen LogP contribution >= 0.6 is 0 Å². The van der Waals surface area contributed by atoms with Crippen LogP contribution in [0.25, 0.3) is 0 Å². The number of nitrogens with one attached hydrogen (secondary N) is 2. The molecule has 0 saturated heterocycles. The first-order valence-electron chi connectivity index (χ1n) is 8.69. The smallest absolute Gasteiger partial charge is 0.274 e. The van der Waals surface area contributed by atoms with Gasteiger partial charge in [0.2, 0.25) is 0 Å². The van der Waals surface area contributed by atoms with Crippen molar-refractivity contribution >= 4 is 17.4 Å². The summed E-state index contributed by atoms with van der Waals surface area (Å²) in [5.74, 6) is 0.313. The van der Waals surface area contributed by atoms with E-state index >= 15 is 0 Å². The molecular weight excluding hydrogens is 357 g/mol. The summed E-state index contributed by atoms with van der Waals surface area (Å²) in [6, 6.07) is 16.7. The molecule has 0 aliphatic rings. The average molecular weight is 375 g/mol. The Bertz CT molecular complexity index is 1030. The van der Waals surface area contributed by atoms with E-state index in [9.17, 15) is 9.18 Å². The molecule has 3 rings (SSSR count). The van der Waals surface area contributed by atoms with Crippen molar-refractivity contribution in [2.24, 2.45) is 0 Å². The fourth-order valence-corrected chi connectivity index (χ4v) is 2.62. The van der Waals surface area contributed by atoms with Gasteiger partial charge in [0.25, 0.3) is 5.91 Å². The molecule has 2 N–H and O–H groups in total. The Labute approximate surface area is 162 Å². The number of carbonyl (C=O) groups is 1. The summed E-state index contributed by atoms with van der Waals surface area (Å²) in [5, 5.41) is 14.7. The summed E-state index contributed by atoms with van der Waals surface area (Å²) < 4.78 is 13.7. The second-order valence-corrected chi connectivity index (χ2v) is 6.10. The van der Waals surface area contributed by atoms with Gasteiger partial charge in [-0.15, -0.1) is 0 Å². The molecule has 28 heavy (non-hydrogen) atoms. The van der Waals surface area contributed by atoms with Crippen LogP contribution in [-0.4, -0.2) is 22.4 Å². The summed E-state index contributed by atoms with van der Waals surface area (Å²) in [4.78, 5) is 20.9. The molecule has 0 aliphatic carbocycles. The van der Waals surface area contributed by atoms with Gasteiger partial charge in [0.1, 0.15) is 23.2 Å². The number of rotatable bonds is 6. The number of anilines is 2. The van der Waals surface area contributed by atoms with Crippen molar-refractivity contribution in [2.75, 3.05) is 17.2 Å². The minimum Gasteiger partial charge on any atom is -0.370 e. The lowest BCUT2D eigenvalue weighted by Gasteiger charge is -2.10. The summed E-state index contributed by atoms with van der Waals surface area (Å²) in [6.45, 7) is 2.16. The van der Waals surface area contributed by atoms with Gasteiger partial charge in [-0.3, -0.25) is 4.79 Å². The van der Waals surface area contributed by atoms with Gasteiger partial charge < -0.3 is 10.6 Å². The summed E-state index contributed by atoms with van der Waals surface area (Å²) in [5.41, 5.74) is 1.90. The number of hydrogen-bond acceptors (Lipinski definition) is 5. The van der Waals surface area contributed by atoms with Crippen molar-refractivity contribution < 1.29 is 9.18 Å². The van der Waals surface area contributed by atoms with Crippen LogP contribution < -0.4 is 10.6 Å². The number of aryl methyl sites for hydroxylation is 1. The molecule has 0 aliphatic heterocycles. The highest BCUT2D eigenvalue weighted by Crippen LogP contribution is 2.13. The molecule has 0 atom stereocenters. The Balaban J connectivity index is 1.65. The maximum absolute atomic E-state index is 13.7. The van der Waals surface area contributed by atoms with Gasteiger partial charge in [0.05, 0.1) is 11.6 Å². The van der Waals surface area contributed by atoms with Crippen LogP contribution in [0.1, 0.15) is 27.4 Å². The van der Waals surface area contributed by atoms with Crippen LogP contribution in [0, 0.1) is 24.1 Å². The molecule has 0 saturated carbocycles. The number of benzene rings is 2. The van der Waals surface area contributed by atoms with Gasteiger partial charge in [-0.05, 0) is 49.2 Å². The van der Waals surface area contributed by atoms with Crippen LogP contribution in [0.15, 0.2) is 54.6 Å². The lowest BCUT2D eigenvalue weighted by atomic mass is 10.1. The van der Waals surface area contributed by atoms with Gasteiger partial charge in [0.15, 0.2) is 0 Å². The number of nitrogens with zero attached hydrogens (tertiary/aromatic N) is 3. The molecule has 140 valence electrons. The van der Waals surface area contributed by atoms with Gasteiger partial charge in [-0.1, -0.05) is 18.2 Å². The topological polar surface area (TPSA) is 90.7 Å². The fourth-order valence-electron chi connectivity index (χ4n) is 2.62. The zero-order chi connectivity index (χ0) is 19.9. The van der Waals surface area contributed by atoms with Gasteiger partial charge in [0, 0.05) is 18.3 Å². The van der Waals surface area contributed by atoms with Crippen LogP contribution in [0.3, 0.4) is 0 Å². The second kappa shape index (κ2) is 8.73. The Morgan fingerprint density at radius 2 is 1.89 bits per heavy atom. The maximum atomic E-state index is 13.7. The van der Waals surface area contributed by atoms with Crippen molar-refractivity contribution in [1.82, 2.24) is 9.97 Å². The van der Waals surface area contributed by atoms with Crippen molar-refractivity contribution in [1.29, 1.82) is 5.26 Å². The number of nitriles is 1. The highest BCUT2D eigenvalue weighted by Gasteiger charge is 2.11. The quantitative estimate of drug-likeness (QED) is 0.685. The van der Waals surface area contributed by atoms with E-state index in [4.69, 9.17) is 5.26 Å². The van der Waals surface area contributed by atoms with E-state index in [1.165, 1.54) is 6.07 Å². The van der Waals surface area contributed by atoms with Crippen molar-refractivity contribution in [3.63, 3.8) is 0 Å². The molecule has 0 unspecified atom stereocenters. The number of amides is 1. The van der Waals surface area contributed by atoms with Crippen molar-refractivity contribution in [3.8, 4) is 6.07 Å². The molecule has 2 aromatic carbocycles. The molecule has 1 aromatic heterocycles. The normalized spacial score (nSPS) is 10.2. The minimum absolute atomic E-state index is 0.213. The van der Waals surface area contributed by atoms with E-state index in [0.29, 0.717) is 41.4 Å². The fraction of sp³-hybridized carbons (Fsp3) is 0.143. The van der Waals surface area contributed by atoms with E-state index in [1.54, 1.807) is 55.5 Å². The molecule has 7 heteroatoms. The predicted octanol–water partition coefficient (Wildman–Crippen LogP) is 3.70. The summed E-state index contributed by atoms with van der Waals surface area (Å²) >= 11 is 0. The number of halogens is 1. The number of hydrogen-bond donors (Lipinski definition) is 2. The Hall–Kier alpha value is -3.79. The van der Waals surface area contributed by atoms with Crippen molar-refractivity contribution in [3.05, 3.63) is 83.1 Å². The zero-order valence-electron chi connectivity index (χ0n) is 15.2. The van der Waals surface area contributed by atoms with E-state index < -0.39 is 0 Å². The monoisotopic (exact) mass is 375 g/mol. The Morgan fingerprint density at radius 3 is 2.61 bits per heavy atom. The third-order valence-electron chi connectivity index (χ3n) is 4.00. The molecule has 0 fully saturated rings. The van der Waals surface area contributed by atoms with Crippen LogP contribution in [0.2, 0.25) is 0 Å². The molecule has 0 spiro atoms. The summed E-state index contributed by atoms with van der Waals surface area (Å²) in [7, 11) is 0. The highest BCUT2D eigenvalue weighted by atomic mass is 19.1. The summed E-state index contributed by atoms with van der Waals surface area (Å²) in [6.07, 6.45) is 0.489.